The SMILES string of the molecule is Cn1c(O)cc(Cc2c(F)c(F)c(F)c(F)c2F)c1O. The van der Waals surface area contributed by atoms with Crippen LogP contribution in [0.5, 0.6) is 11.8 Å². The molecule has 8 heteroatoms. The van der Waals surface area contributed by atoms with Gasteiger partial charge in [-0.25, -0.2) is 22.0 Å². The molecule has 0 saturated carbocycles. The Balaban J connectivity index is 2.57. The van der Waals surface area contributed by atoms with Crippen LogP contribution in [0, 0.1) is 29.1 Å². The summed E-state index contributed by atoms with van der Waals surface area (Å²) in [6, 6.07) is 0.966. The maximum absolute atomic E-state index is 13.5. The molecule has 2 aromatic rings. The van der Waals surface area contributed by atoms with Crippen LogP contribution >= 0.6 is 0 Å². The molecule has 1 heterocycles. The van der Waals surface area contributed by atoms with Crippen molar-refractivity contribution in [2.75, 3.05) is 0 Å². The van der Waals surface area contributed by atoms with Gasteiger partial charge in [-0.05, 0) is 0 Å². The lowest BCUT2D eigenvalue weighted by Gasteiger charge is -2.07. The topological polar surface area (TPSA) is 45.4 Å². The van der Waals surface area contributed by atoms with Gasteiger partial charge in [0.2, 0.25) is 5.82 Å². The Hall–Kier alpha value is -2.25. The summed E-state index contributed by atoms with van der Waals surface area (Å²) in [7, 11) is 1.26. The zero-order valence-electron chi connectivity index (χ0n) is 10.0. The monoisotopic (exact) mass is 293 g/mol. The second-order valence-corrected chi connectivity index (χ2v) is 4.14. The Labute approximate surface area is 109 Å². The molecule has 20 heavy (non-hydrogen) atoms. The first kappa shape index (κ1) is 14.2. The molecule has 0 unspecified atom stereocenters. The van der Waals surface area contributed by atoms with Crippen LogP contribution in [0.1, 0.15) is 11.1 Å². The summed E-state index contributed by atoms with van der Waals surface area (Å²) in [4.78, 5) is 0. The highest BCUT2D eigenvalue weighted by Crippen LogP contribution is 2.31. The highest BCUT2D eigenvalue weighted by molar-refractivity contribution is 5.40. The van der Waals surface area contributed by atoms with Crippen LogP contribution < -0.4 is 0 Å². The van der Waals surface area contributed by atoms with E-state index in [0.717, 1.165) is 10.6 Å². The molecule has 0 bridgehead atoms. The molecule has 0 aliphatic carbocycles. The number of hydrogen-bond donors (Lipinski definition) is 2. The Morgan fingerprint density at radius 1 is 0.900 bits per heavy atom. The first-order valence-electron chi connectivity index (χ1n) is 5.32. The molecule has 0 spiro atoms. The average Bonchev–Trinajstić information content (AvgIpc) is 2.66. The summed E-state index contributed by atoms with van der Waals surface area (Å²) < 4.78 is 66.7. The number of halogens is 5. The number of hydrogen-bond acceptors (Lipinski definition) is 2. The highest BCUT2D eigenvalue weighted by atomic mass is 19.2. The van der Waals surface area contributed by atoms with E-state index in [4.69, 9.17) is 0 Å². The fraction of sp³-hybridized carbons (Fsp3) is 0.167. The third-order valence-electron chi connectivity index (χ3n) is 2.92. The summed E-state index contributed by atoms with van der Waals surface area (Å²) in [5.41, 5.74) is -1.25. The molecule has 3 nitrogen and oxygen atoms in total. The summed E-state index contributed by atoms with van der Waals surface area (Å²) in [6.45, 7) is 0. The predicted octanol–water partition coefficient (Wildman–Crippen LogP) is 2.72. The Bertz CT molecular complexity index is 667. The van der Waals surface area contributed by atoms with Crippen molar-refractivity contribution in [3.8, 4) is 11.8 Å². The smallest absolute Gasteiger partial charge is 0.200 e. The van der Waals surface area contributed by atoms with Crippen LogP contribution in [0.4, 0.5) is 22.0 Å². The second kappa shape index (κ2) is 4.69. The standard InChI is InChI=1S/C12H8F5NO2/c1-18-6(19)3-4(12(18)20)2-5-7(13)9(15)11(17)10(16)8(5)14/h3,19-20H,2H2,1H3. The number of benzene rings is 1. The van der Waals surface area contributed by atoms with Crippen molar-refractivity contribution in [2.45, 2.75) is 6.42 Å². The van der Waals surface area contributed by atoms with Crippen molar-refractivity contribution < 1.29 is 32.2 Å². The van der Waals surface area contributed by atoms with Gasteiger partial charge in [-0.15, -0.1) is 0 Å². The van der Waals surface area contributed by atoms with Crippen molar-refractivity contribution in [3.05, 3.63) is 46.3 Å². The second-order valence-electron chi connectivity index (χ2n) is 4.14. The van der Waals surface area contributed by atoms with Gasteiger partial charge in [-0.1, -0.05) is 0 Å². The van der Waals surface area contributed by atoms with Gasteiger partial charge in [0.1, 0.15) is 0 Å². The van der Waals surface area contributed by atoms with E-state index in [-0.39, 0.29) is 5.56 Å². The summed E-state index contributed by atoms with van der Waals surface area (Å²) in [5.74, 6) is -11.2. The van der Waals surface area contributed by atoms with Crippen LogP contribution in [0.2, 0.25) is 0 Å². The van der Waals surface area contributed by atoms with Gasteiger partial charge in [-0.2, -0.15) is 0 Å². The van der Waals surface area contributed by atoms with E-state index < -0.39 is 52.8 Å². The first-order chi connectivity index (χ1) is 9.25. The summed E-state index contributed by atoms with van der Waals surface area (Å²) in [5, 5.41) is 18.8. The van der Waals surface area contributed by atoms with Crippen molar-refractivity contribution >= 4 is 0 Å². The molecule has 2 rings (SSSR count). The van der Waals surface area contributed by atoms with Crippen LogP contribution in [0.3, 0.4) is 0 Å². The zero-order chi connectivity index (χ0) is 15.2. The molecule has 0 aliphatic heterocycles. The fourth-order valence-electron chi connectivity index (χ4n) is 1.77. The molecule has 1 aromatic heterocycles. The number of aromatic hydroxyl groups is 2. The lowest BCUT2D eigenvalue weighted by atomic mass is 10.0. The van der Waals surface area contributed by atoms with Gasteiger partial charge in [0.15, 0.2) is 35.0 Å². The largest absolute Gasteiger partial charge is 0.494 e. The van der Waals surface area contributed by atoms with Crippen LogP contribution in [0.25, 0.3) is 0 Å². The normalized spacial score (nSPS) is 11.1. The maximum Gasteiger partial charge on any atom is 0.200 e. The minimum Gasteiger partial charge on any atom is -0.494 e. The van der Waals surface area contributed by atoms with Crippen molar-refractivity contribution in [2.24, 2.45) is 7.05 Å². The minimum atomic E-state index is -2.25. The first-order valence-corrected chi connectivity index (χ1v) is 5.32. The van der Waals surface area contributed by atoms with E-state index in [0.29, 0.717) is 0 Å². The van der Waals surface area contributed by atoms with Crippen molar-refractivity contribution in [1.82, 2.24) is 4.57 Å². The lowest BCUT2D eigenvalue weighted by Crippen LogP contribution is -2.07. The van der Waals surface area contributed by atoms with Crippen LogP contribution in [0.15, 0.2) is 6.07 Å². The van der Waals surface area contributed by atoms with Crippen molar-refractivity contribution in [1.29, 1.82) is 0 Å². The van der Waals surface area contributed by atoms with Gasteiger partial charge in [-0.3, -0.25) is 4.57 Å². The van der Waals surface area contributed by atoms with E-state index in [9.17, 15) is 32.2 Å². The average molecular weight is 293 g/mol. The van der Waals surface area contributed by atoms with Crippen LogP contribution in [-0.2, 0) is 13.5 Å². The maximum atomic E-state index is 13.5. The molecule has 0 fully saturated rings. The third kappa shape index (κ3) is 1.97. The Kier molecular flexibility index (Phi) is 3.33. The quantitative estimate of drug-likeness (QED) is 0.508. The molecular formula is C12H8F5NO2. The molecule has 108 valence electrons. The van der Waals surface area contributed by atoms with E-state index in [1.54, 1.807) is 0 Å². The van der Waals surface area contributed by atoms with Gasteiger partial charge >= 0.3 is 0 Å². The Morgan fingerprint density at radius 2 is 1.35 bits per heavy atom. The molecule has 0 aliphatic rings. The van der Waals surface area contributed by atoms with E-state index in [2.05, 4.69) is 0 Å². The zero-order valence-corrected chi connectivity index (χ0v) is 10.0. The number of rotatable bonds is 2. The highest BCUT2D eigenvalue weighted by Gasteiger charge is 2.26. The third-order valence-corrected chi connectivity index (χ3v) is 2.92. The minimum absolute atomic E-state index is 0.173. The molecule has 0 saturated heterocycles. The van der Waals surface area contributed by atoms with E-state index in [1.165, 1.54) is 7.05 Å². The van der Waals surface area contributed by atoms with Crippen molar-refractivity contribution in [3.63, 3.8) is 0 Å². The van der Waals surface area contributed by atoms with Crippen LogP contribution in [-0.4, -0.2) is 14.8 Å². The van der Waals surface area contributed by atoms with E-state index >= 15 is 0 Å². The molecule has 0 atom stereocenters. The fourth-order valence-corrected chi connectivity index (χ4v) is 1.77. The summed E-state index contributed by atoms with van der Waals surface area (Å²) >= 11 is 0. The number of nitrogens with zero attached hydrogens (tertiary/aromatic N) is 1. The molecule has 0 amide bonds. The molecule has 2 N–H and O–H groups in total. The van der Waals surface area contributed by atoms with Gasteiger partial charge in [0.05, 0.1) is 0 Å². The summed E-state index contributed by atoms with van der Waals surface area (Å²) in [6.07, 6.45) is -0.758. The van der Waals surface area contributed by atoms with Gasteiger partial charge in [0, 0.05) is 30.7 Å². The molecule has 1 aromatic carbocycles. The van der Waals surface area contributed by atoms with Gasteiger partial charge in [0.25, 0.3) is 0 Å². The lowest BCUT2D eigenvalue weighted by molar-refractivity contribution is 0.370. The molecular weight excluding hydrogens is 285 g/mol. The Morgan fingerprint density at radius 3 is 1.75 bits per heavy atom. The van der Waals surface area contributed by atoms with Gasteiger partial charge < -0.3 is 10.2 Å². The van der Waals surface area contributed by atoms with E-state index in [1.807, 2.05) is 0 Å². The number of aromatic nitrogens is 1. The molecule has 0 radical (unpaired) electrons. The predicted molar refractivity (Wildman–Crippen MR) is 57.8 cm³/mol.